The Kier molecular flexibility index (Phi) is 3.58. The maximum absolute atomic E-state index is 11.6. The zero-order valence-corrected chi connectivity index (χ0v) is 11.4. The fourth-order valence-electron chi connectivity index (χ4n) is 2.04. The molecule has 106 valence electrons. The Labute approximate surface area is 117 Å². The largest absolute Gasteiger partial charge is 0.493 e. The molecular weight excluding hydrogens is 258 g/mol. The first-order valence-electron chi connectivity index (χ1n) is 6.83. The van der Waals surface area contributed by atoms with Gasteiger partial charge in [-0.1, -0.05) is 0 Å². The molecular formula is C15H17NO4. The second-order valence-corrected chi connectivity index (χ2v) is 5.00. The number of aromatic nitrogens is 1. The molecule has 5 nitrogen and oxygen atoms in total. The normalized spacial score (nSPS) is 17.4. The molecule has 20 heavy (non-hydrogen) atoms. The number of hydrogen-bond donors (Lipinski definition) is 0. The number of hydrogen-bond acceptors (Lipinski definition) is 5. The van der Waals surface area contributed by atoms with E-state index in [0.29, 0.717) is 25.0 Å². The average molecular weight is 275 g/mol. The van der Waals surface area contributed by atoms with Gasteiger partial charge in [-0.3, -0.25) is 0 Å². The summed E-state index contributed by atoms with van der Waals surface area (Å²) in [5, 5.41) is 0. The molecule has 0 bridgehead atoms. The van der Waals surface area contributed by atoms with Crippen LogP contribution in [0.4, 0.5) is 0 Å². The van der Waals surface area contributed by atoms with E-state index in [2.05, 4.69) is 4.98 Å². The number of pyridine rings is 1. The first kappa shape index (κ1) is 13.0. The van der Waals surface area contributed by atoms with E-state index in [-0.39, 0.29) is 5.69 Å². The van der Waals surface area contributed by atoms with E-state index in [4.69, 9.17) is 14.2 Å². The zero-order valence-electron chi connectivity index (χ0n) is 11.4. The molecule has 0 saturated heterocycles. The quantitative estimate of drug-likeness (QED) is 0.772. The van der Waals surface area contributed by atoms with Gasteiger partial charge in [0.25, 0.3) is 0 Å². The Morgan fingerprint density at radius 2 is 2.30 bits per heavy atom. The van der Waals surface area contributed by atoms with Gasteiger partial charge in [-0.2, -0.15) is 0 Å². The molecule has 1 aliphatic carbocycles. The van der Waals surface area contributed by atoms with Crippen molar-refractivity contribution < 1.29 is 19.0 Å². The van der Waals surface area contributed by atoms with Crippen molar-refractivity contribution in [1.29, 1.82) is 0 Å². The number of esters is 1. The molecule has 0 N–H and O–H groups in total. The third-order valence-electron chi connectivity index (χ3n) is 3.38. The molecule has 0 amide bonds. The summed E-state index contributed by atoms with van der Waals surface area (Å²) in [4.78, 5) is 15.8. The molecule has 0 unspecified atom stereocenters. The van der Waals surface area contributed by atoms with E-state index >= 15 is 0 Å². The number of carbonyl (C=O) groups is 1. The summed E-state index contributed by atoms with van der Waals surface area (Å²) >= 11 is 0. The van der Waals surface area contributed by atoms with Gasteiger partial charge >= 0.3 is 5.97 Å². The Bertz CT molecular complexity index is 549. The van der Waals surface area contributed by atoms with E-state index in [1.165, 1.54) is 20.0 Å². The van der Waals surface area contributed by atoms with Crippen LogP contribution in [0.5, 0.6) is 5.88 Å². The van der Waals surface area contributed by atoms with Crippen molar-refractivity contribution in [3.05, 3.63) is 29.5 Å². The molecule has 0 atom stereocenters. The van der Waals surface area contributed by atoms with Crippen LogP contribution in [0.25, 0.3) is 5.76 Å². The smallest absolute Gasteiger partial charge is 0.356 e. The second-order valence-electron chi connectivity index (χ2n) is 5.00. The molecule has 0 radical (unpaired) electrons. The Balaban J connectivity index is 1.88. The Hall–Kier alpha value is -2.04. The van der Waals surface area contributed by atoms with Crippen LogP contribution < -0.4 is 4.74 Å². The van der Waals surface area contributed by atoms with Crippen LogP contribution in [0, 0.1) is 5.92 Å². The van der Waals surface area contributed by atoms with Crippen LogP contribution in [0.15, 0.2) is 18.2 Å². The summed E-state index contributed by atoms with van der Waals surface area (Å²) in [5.41, 5.74) is 1.05. The minimum absolute atomic E-state index is 0.251. The summed E-state index contributed by atoms with van der Waals surface area (Å²) in [6.07, 6.45) is 5.30. The summed E-state index contributed by atoms with van der Waals surface area (Å²) < 4.78 is 16.0. The highest BCUT2D eigenvalue weighted by atomic mass is 16.5. The lowest BCUT2D eigenvalue weighted by Crippen LogP contribution is -2.09. The van der Waals surface area contributed by atoms with Crippen molar-refractivity contribution in [1.82, 2.24) is 4.98 Å². The average Bonchev–Trinajstić information content (AvgIpc) is 3.16. The van der Waals surface area contributed by atoms with Crippen LogP contribution in [0.3, 0.4) is 0 Å². The number of ether oxygens (including phenoxy) is 3. The van der Waals surface area contributed by atoms with Gasteiger partial charge in [0.2, 0.25) is 5.88 Å². The highest BCUT2D eigenvalue weighted by Gasteiger charge is 2.24. The third kappa shape index (κ3) is 2.76. The van der Waals surface area contributed by atoms with Crippen LogP contribution >= 0.6 is 0 Å². The van der Waals surface area contributed by atoms with Gasteiger partial charge in [0.05, 0.1) is 25.9 Å². The lowest BCUT2D eigenvalue weighted by Gasteiger charge is -2.12. The highest BCUT2D eigenvalue weighted by Crippen LogP contribution is 2.33. The maximum Gasteiger partial charge on any atom is 0.356 e. The number of nitrogens with zero attached hydrogens (tertiary/aromatic N) is 1. The van der Waals surface area contributed by atoms with Gasteiger partial charge in [0.1, 0.15) is 5.76 Å². The van der Waals surface area contributed by atoms with E-state index in [1.54, 1.807) is 12.1 Å². The fraction of sp³-hybridized carbons (Fsp3) is 0.467. The maximum atomic E-state index is 11.6. The molecule has 5 heteroatoms. The molecule has 2 heterocycles. The lowest BCUT2D eigenvalue weighted by molar-refractivity contribution is 0.0592. The molecule has 1 fully saturated rings. The third-order valence-corrected chi connectivity index (χ3v) is 3.38. The van der Waals surface area contributed by atoms with Crippen molar-refractivity contribution in [2.24, 2.45) is 5.92 Å². The molecule has 3 rings (SSSR count). The predicted octanol–water partition coefficient (Wildman–Crippen LogP) is 2.42. The molecule has 1 aromatic rings. The standard InChI is InChI=1S/C15H17NO4/c1-18-15(17)12-7-6-11(13-3-2-8-19-13)14(16-12)20-9-10-4-5-10/h3,6-7,10H,2,4-5,8-9H2,1H3. The number of rotatable bonds is 5. The SMILES string of the molecule is COC(=O)c1ccc(C2=CCCO2)c(OCC2CC2)n1. The Morgan fingerprint density at radius 1 is 1.45 bits per heavy atom. The van der Waals surface area contributed by atoms with Gasteiger partial charge in [-0.05, 0) is 37.0 Å². The van der Waals surface area contributed by atoms with Crippen LogP contribution in [-0.2, 0) is 9.47 Å². The molecule has 1 aromatic heterocycles. The monoisotopic (exact) mass is 275 g/mol. The molecule has 0 aromatic carbocycles. The predicted molar refractivity (Wildman–Crippen MR) is 72.3 cm³/mol. The van der Waals surface area contributed by atoms with Crippen molar-refractivity contribution >= 4 is 11.7 Å². The van der Waals surface area contributed by atoms with Crippen molar-refractivity contribution in [3.63, 3.8) is 0 Å². The van der Waals surface area contributed by atoms with Crippen molar-refractivity contribution in [2.75, 3.05) is 20.3 Å². The zero-order chi connectivity index (χ0) is 13.9. The summed E-state index contributed by atoms with van der Waals surface area (Å²) in [6.45, 7) is 1.31. The number of carbonyl (C=O) groups excluding carboxylic acids is 1. The highest BCUT2D eigenvalue weighted by molar-refractivity contribution is 5.87. The minimum Gasteiger partial charge on any atom is -0.493 e. The van der Waals surface area contributed by atoms with Crippen molar-refractivity contribution in [3.8, 4) is 5.88 Å². The number of methoxy groups -OCH3 is 1. The van der Waals surface area contributed by atoms with Gasteiger partial charge in [-0.25, -0.2) is 9.78 Å². The first-order valence-corrected chi connectivity index (χ1v) is 6.83. The molecule has 0 spiro atoms. The van der Waals surface area contributed by atoms with E-state index in [1.807, 2.05) is 6.08 Å². The van der Waals surface area contributed by atoms with Gasteiger partial charge in [0, 0.05) is 6.42 Å². The van der Waals surface area contributed by atoms with Gasteiger partial charge in [-0.15, -0.1) is 0 Å². The summed E-state index contributed by atoms with van der Waals surface area (Å²) in [5.74, 6) is 1.38. The van der Waals surface area contributed by atoms with Gasteiger partial charge < -0.3 is 14.2 Å². The van der Waals surface area contributed by atoms with Crippen LogP contribution in [0.2, 0.25) is 0 Å². The second kappa shape index (κ2) is 5.53. The topological polar surface area (TPSA) is 57.7 Å². The molecule has 1 saturated carbocycles. The first-order chi connectivity index (χ1) is 9.78. The van der Waals surface area contributed by atoms with Crippen LogP contribution in [0.1, 0.15) is 35.3 Å². The summed E-state index contributed by atoms with van der Waals surface area (Å²) in [6, 6.07) is 3.44. The van der Waals surface area contributed by atoms with Crippen molar-refractivity contribution in [2.45, 2.75) is 19.3 Å². The Morgan fingerprint density at radius 3 is 2.95 bits per heavy atom. The van der Waals surface area contributed by atoms with Crippen LogP contribution in [-0.4, -0.2) is 31.3 Å². The van der Waals surface area contributed by atoms with Gasteiger partial charge in [0.15, 0.2) is 5.69 Å². The van der Waals surface area contributed by atoms with E-state index in [9.17, 15) is 4.79 Å². The molecule has 1 aliphatic heterocycles. The minimum atomic E-state index is -0.464. The fourth-order valence-corrected chi connectivity index (χ4v) is 2.04. The molecule has 2 aliphatic rings. The lowest BCUT2D eigenvalue weighted by atomic mass is 10.2. The van der Waals surface area contributed by atoms with E-state index in [0.717, 1.165) is 17.7 Å². The summed E-state index contributed by atoms with van der Waals surface area (Å²) in [7, 11) is 1.34. The van der Waals surface area contributed by atoms with E-state index < -0.39 is 5.97 Å².